The van der Waals surface area contributed by atoms with Crippen LogP contribution >= 0.6 is 0 Å². The monoisotopic (exact) mass is 348 g/mol. The van der Waals surface area contributed by atoms with Crippen LogP contribution in [0.2, 0.25) is 0 Å². The van der Waals surface area contributed by atoms with Crippen molar-refractivity contribution in [3.63, 3.8) is 0 Å². The Bertz CT molecular complexity index is 857. The summed E-state index contributed by atoms with van der Waals surface area (Å²) in [5.41, 5.74) is 1.35. The fourth-order valence-electron chi connectivity index (χ4n) is 3.10. The van der Waals surface area contributed by atoms with Crippen molar-refractivity contribution in [3.8, 4) is 11.4 Å². The van der Waals surface area contributed by atoms with Crippen molar-refractivity contribution >= 4 is 5.91 Å². The van der Waals surface area contributed by atoms with Gasteiger partial charge in [0.1, 0.15) is 11.5 Å². The maximum Gasteiger partial charge on any atom is 0.272 e. The number of carbonyl (C=O) groups excluding carboxylic acids is 1. The van der Waals surface area contributed by atoms with Gasteiger partial charge in [-0.1, -0.05) is 30.3 Å². The number of amides is 1. The average molecular weight is 348 g/mol. The zero-order chi connectivity index (χ0) is 17.8. The second kappa shape index (κ2) is 7.49. The van der Waals surface area contributed by atoms with Crippen molar-refractivity contribution in [1.29, 1.82) is 0 Å². The molecule has 0 aliphatic carbocycles. The number of hydrogen-bond acceptors (Lipinski definition) is 5. The van der Waals surface area contributed by atoms with Crippen LogP contribution in [-0.2, 0) is 6.54 Å². The summed E-state index contributed by atoms with van der Waals surface area (Å²) in [5, 5.41) is 0. The van der Waals surface area contributed by atoms with Crippen LogP contribution in [0.4, 0.5) is 0 Å². The van der Waals surface area contributed by atoms with Crippen molar-refractivity contribution in [1.82, 2.24) is 19.8 Å². The molecule has 1 fully saturated rings. The molecule has 0 bridgehead atoms. The highest BCUT2D eigenvalue weighted by atomic mass is 16.3. The van der Waals surface area contributed by atoms with Gasteiger partial charge in [-0.15, -0.1) is 0 Å². The quantitative estimate of drug-likeness (QED) is 0.725. The Morgan fingerprint density at radius 2 is 1.81 bits per heavy atom. The molecule has 1 aliphatic rings. The summed E-state index contributed by atoms with van der Waals surface area (Å²) in [5.74, 6) is 1.49. The number of carbonyl (C=O) groups is 1. The van der Waals surface area contributed by atoms with Crippen LogP contribution in [0, 0.1) is 0 Å². The van der Waals surface area contributed by atoms with E-state index in [9.17, 15) is 4.79 Å². The number of benzene rings is 1. The van der Waals surface area contributed by atoms with Crippen LogP contribution in [0.5, 0.6) is 0 Å². The van der Waals surface area contributed by atoms with Crippen LogP contribution in [0.15, 0.2) is 65.4 Å². The third-order valence-corrected chi connectivity index (χ3v) is 4.53. The first-order valence-electron chi connectivity index (χ1n) is 8.72. The zero-order valence-electron chi connectivity index (χ0n) is 14.4. The van der Waals surface area contributed by atoms with Crippen molar-refractivity contribution in [2.75, 3.05) is 26.2 Å². The smallest absolute Gasteiger partial charge is 0.272 e. The molecule has 2 aromatic heterocycles. The van der Waals surface area contributed by atoms with Crippen LogP contribution in [-0.4, -0.2) is 51.9 Å². The van der Waals surface area contributed by atoms with Gasteiger partial charge in [-0.05, 0) is 18.2 Å². The summed E-state index contributed by atoms with van der Waals surface area (Å²) in [4.78, 5) is 25.7. The molecule has 0 saturated carbocycles. The van der Waals surface area contributed by atoms with Crippen molar-refractivity contribution in [3.05, 3.63) is 72.4 Å². The first kappa shape index (κ1) is 16.5. The van der Waals surface area contributed by atoms with Crippen molar-refractivity contribution in [2.45, 2.75) is 6.54 Å². The average Bonchev–Trinajstić information content (AvgIpc) is 3.22. The first-order chi connectivity index (χ1) is 12.8. The fourth-order valence-corrected chi connectivity index (χ4v) is 3.10. The summed E-state index contributed by atoms with van der Waals surface area (Å²) < 4.78 is 5.40. The Hall–Kier alpha value is -2.99. The molecule has 4 rings (SSSR count). The first-order valence-corrected chi connectivity index (χ1v) is 8.72. The van der Waals surface area contributed by atoms with Gasteiger partial charge in [-0.3, -0.25) is 9.69 Å². The van der Waals surface area contributed by atoms with E-state index in [-0.39, 0.29) is 5.91 Å². The van der Waals surface area contributed by atoms with Crippen LogP contribution < -0.4 is 0 Å². The van der Waals surface area contributed by atoms with E-state index in [0.717, 1.165) is 31.0 Å². The van der Waals surface area contributed by atoms with E-state index in [1.807, 2.05) is 47.4 Å². The Labute approximate surface area is 152 Å². The number of hydrogen-bond donors (Lipinski definition) is 0. The number of piperazine rings is 1. The largest absolute Gasteiger partial charge is 0.468 e. The molecule has 3 aromatic rings. The van der Waals surface area contributed by atoms with Gasteiger partial charge < -0.3 is 9.32 Å². The molecule has 1 aliphatic heterocycles. The normalized spacial score (nSPS) is 15.2. The molecule has 6 heteroatoms. The van der Waals surface area contributed by atoms with E-state index in [1.165, 1.54) is 0 Å². The van der Waals surface area contributed by atoms with Crippen LogP contribution in [0.1, 0.15) is 16.2 Å². The molecule has 3 heterocycles. The number of aromatic nitrogens is 2. The molecule has 1 saturated heterocycles. The third-order valence-electron chi connectivity index (χ3n) is 4.53. The second-order valence-electron chi connectivity index (χ2n) is 6.28. The summed E-state index contributed by atoms with van der Waals surface area (Å²) in [6.45, 7) is 3.79. The lowest BCUT2D eigenvalue weighted by atomic mass is 10.2. The number of nitrogens with zero attached hydrogens (tertiary/aromatic N) is 4. The second-order valence-corrected chi connectivity index (χ2v) is 6.28. The Morgan fingerprint density at radius 1 is 1.00 bits per heavy atom. The lowest BCUT2D eigenvalue weighted by Gasteiger charge is -2.34. The molecule has 6 nitrogen and oxygen atoms in total. The predicted octanol–water partition coefficient (Wildman–Crippen LogP) is 2.69. The Kier molecular flexibility index (Phi) is 4.75. The van der Waals surface area contributed by atoms with Gasteiger partial charge in [0.25, 0.3) is 5.91 Å². The summed E-state index contributed by atoms with van der Waals surface area (Å²) in [7, 11) is 0. The maximum atomic E-state index is 12.8. The molecule has 0 spiro atoms. The van der Waals surface area contributed by atoms with Crippen molar-refractivity contribution in [2.24, 2.45) is 0 Å². The van der Waals surface area contributed by atoms with Gasteiger partial charge >= 0.3 is 0 Å². The Morgan fingerprint density at radius 3 is 2.54 bits per heavy atom. The van der Waals surface area contributed by atoms with Crippen LogP contribution in [0.3, 0.4) is 0 Å². The number of rotatable bonds is 4. The van der Waals surface area contributed by atoms with Gasteiger partial charge in [-0.2, -0.15) is 0 Å². The molecule has 132 valence electrons. The highest BCUT2D eigenvalue weighted by molar-refractivity contribution is 5.92. The van der Waals surface area contributed by atoms with Crippen LogP contribution in [0.25, 0.3) is 11.4 Å². The van der Waals surface area contributed by atoms with Gasteiger partial charge in [0.15, 0.2) is 5.82 Å². The predicted molar refractivity (Wildman–Crippen MR) is 97.4 cm³/mol. The van der Waals surface area contributed by atoms with Crippen molar-refractivity contribution < 1.29 is 9.21 Å². The molecular weight excluding hydrogens is 328 g/mol. The van der Waals surface area contributed by atoms with E-state index in [2.05, 4.69) is 14.9 Å². The van der Waals surface area contributed by atoms with Gasteiger partial charge in [-0.25, -0.2) is 9.97 Å². The fraction of sp³-hybridized carbons (Fsp3) is 0.250. The standard InChI is InChI=1S/C20H20N4O2/c25-20(18-8-9-21-19(22-18)16-5-2-1-3-6-16)24-12-10-23(11-13-24)15-17-7-4-14-26-17/h1-9,14H,10-13,15H2. The Balaban J connectivity index is 1.41. The van der Waals surface area contributed by atoms with E-state index < -0.39 is 0 Å². The summed E-state index contributed by atoms with van der Waals surface area (Å²) in [6, 6.07) is 15.3. The number of furan rings is 1. The molecule has 1 aromatic carbocycles. The highest BCUT2D eigenvalue weighted by Crippen LogP contribution is 2.15. The third kappa shape index (κ3) is 3.65. The van der Waals surface area contributed by atoms with E-state index in [0.29, 0.717) is 24.6 Å². The minimum atomic E-state index is -0.0396. The maximum absolute atomic E-state index is 12.8. The molecule has 26 heavy (non-hydrogen) atoms. The minimum Gasteiger partial charge on any atom is -0.468 e. The van der Waals surface area contributed by atoms with E-state index in [4.69, 9.17) is 4.42 Å². The molecule has 1 amide bonds. The minimum absolute atomic E-state index is 0.0396. The SMILES string of the molecule is O=C(c1ccnc(-c2ccccc2)n1)N1CCN(Cc2ccco2)CC1. The molecular formula is C20H20N4O2. The van der Waals surface area contributed by atoms with Gasteiger partial charge in [0.2, 0.25) is 0 Å². The van der Waals surface area contributed by atoms with Gasteiger partial charge in [0.05, 0.1) is 12.8 Å². The zero-order valence-corrected chi connectivity index (χ0v) is 14.4. The lowest BCUT2D eigenvalue weighted by molar-refractivity contribution is 0.0614. The van der Waals surface area contributed by atoms with Gasteiger partial charge in [0, 0.05) is 37.9 Å². The topological polar surface area (TPSA) is 62.5 Å². The summed E-state index contributed by atoms with van der Waals surface area (Å²) >= 11 is 0. The lowest BCUT2D eigenvalue weighted by Crippen LogP contribution is -2.48. The van der Waals surface area contributed by atoms with E-state index in [1.54, 1.807) is 18.5 Å². The highest BCUT2D eigenvalue weighted by Gasteiger charge is 2.23. The molecule has 0 N–H and O–H groups in total. The van der Waals surface area contributed by atoms with E-state index >= 15 is 0 Å². The molecule has 0 radical (unpaired) electrons. The molecule has 0 atom stereocenters. The summed E-state index contributed by atoms with van der Waals surface area (Å²) in [6.07, 6.45) is 3.34. The molecule has 0 unspecified atom stereocenters.